The van der Waals surface area contributed by atoms with Crippen LogP contribution in [0.4, 0.5) is 17.3 Å². The molecule has 1 heterocycles. The monoisotopic (exact) mass is 329 g/mol. The van der Waals surface area contributed by atoms with Crippen LogP contribution in [0.25, 0.3) is 0 Å². The molecule has 0 fully saturated rings. The normalized spacial score (nSPS) is 9.92. The summed E-state index contributed by atoms with van der Waals surface area (Å²) in [5, 5.41) is 14.8. The van der Waals surface area contributed by atoms with E-state index >= 15 is 0 Å². The van der Waals surface area contributed by atoms with Gasteiger partial charge in [0.2, 0.25) is 5.95 Å². The molecule has 2 aromatic carbocycles. The number of nitrogens with zero attached hydrogens (tertiary/aromatic N) is 3. The van der Waals surface area contributed by atoms with Crippen LogP contribution in [0.5, 0.6) is 0 Å². The smallest absolute Gasteiger partial charge is 0.258 e. The van der Waals surface area contributed by atoms with E-state index in [9.17, 15) is 4.79 Å². The topological polar surface area (TPSA) is 90.7 Å². The highest BCUT2D eigenvalue weighted by atomic mass is 16.1. The summed E-state index contributed by atoms with van der Waals surface area (Å²) in [6.45, 7) is 2.00. The second kappa shape index (κ2) is 7.23. The molecular weight excluding hydrogens is 314 g/mol. The molecule has 0 saturated heterocycles. The molecule has 25 heavy (non-hydrogen) atoms. The van der Waals surface area contributed by atoms with Gasteiger partial charge in [-0.3, -0.25) is 4.79 Å². The van der Waals surface area contributed by atoms with Crippen LogP contribution < -0.4 is 10.6 Å². The van der Waals surface area contributed by atoms with E-state index < -0.39 is 0 Å². The molecule has 0 unspecified atom stereocenters. The number of carbonyl (C=O) groups is 1. The molecule has 0 aliphatic heterocycles. The Morgan fingerprint density at radius 3 is 2.56 bits per heavy atom. The van der Waals surface area contributed by atoms with Gasteiger partial charge < -0.3 is 10.6 Å². The number of para-hydroxylation sites is 1. The van der Waals surface area contributed by atoms with Gasteiger partial charge in [0.15, 0.2) is 0 Å². The minimum Gasteiger partial charge on any atom is -0.324 e. The maximum absolute atomic E-state index is 12.3. The van der Waals surface area contributed by atoms with Crippen LogP contribution in [0.1, 0.15) is 21.5 Å². The Balaban J connectivity index is 1.71. The number of nitriles is 1. The van der Waals surface area contributed by atoms with Gasteiger partial charge in [-0.1, -0.05) is 24.3 Å². The largest absolute Gasteiger partial charge is 0.324 e. The van der Waals surface area contributed by atoms with Crippen molar-refractivity contribution >= 4 is 23.2 Å². The minimum atomic E-state index is -0.371. The zero-order valence-electron chi connectivity index (χ0n) is 13.5. The molecule has 122 valence electrons. The highest BCUT2D eigenvalue weighted by molar-refractivity contribution is 6.04. The lowest BCUT2D eigenvalue weighted by atomic mass is 10.2. The average Bonchev–Trinajstić information content (AvgIpc) is 2.63. The van der Waals surface area contributed by atoms with E-state index in [1.165, 1.54) is 12.4 Å². The standard InChI is InChI=1S/C19H15N5O/c1-13-5-4-7-16(9-13)23-19-21-11-15(12-22-19)18(25)24-17-8-3-2-6-14(17)10-20/h2-9,11-12H,1H3,(H,24,25)(H,21,22,23). The summed E-state index contributed by atoms with van der Waals surface area (Å²) >= 11 is 0. The molecule has 0 saturated carbocycles. The maximum Gasteiger partial charge on any atom is 0.258 e. The molecule has 1 amide bonds. The van der Waals surface area contributed by atoms with E-state index in [0.717, 1.165) is 11.3 Å². The van der Waals surface area contributed by atoms with E-state index in [-0.39, 0.29) is 5.91 Å². The van der Waals surface area contributed by atoms with E-state index in [0.29, 0.717) is 22.8 Å². The first-order valence-electron chi connectivity index (χ1n) is 7.62. The molecule has 6 nitrogen and oxygen atoms in total. The molecule has 2 N–H and O–H groups in total. The first kappa shape index (κ1) is 16.1. The van der Waals surface area contributed by atoms with Crippen molar-refractivity contribution in [2.45, 2.75) is 6.92 Å². The molecule has 3 rings (SSSR count). The molecule has 6 heteroatoms. The van der Waals surface area contributed by atoms with Crippen molar-refractivity contribution in [2.75, 3.05) is 10.6 Å². The summed E-state index contributed by atoms with van der Waals surface area (Å²) in [4.78, 5) is 20.6. The van der Waals surface area contributed by atoms with Gasteiger partial charge in [-0.2, -0.15) is 5.26 Å². The van der Waals surface area contributed by atoms with Crippen molar-refractivity contribution in [3.05, 3.63) is 77.6 Å². The number of nitrogens with one attached hydrogen (secondary N) is 2. The number of aryl methyl sites for hydroxylation is 1. The number of hydrogen-bond donors (Lipinski definition) is 2. The molecule has 1 aromatic heterocycles. The summed E-state index contributed by atoms with van der Waals surface area (Å²) in [6, 6.07) is 16.7. The van der Waals surface area contributed by atoms with Crippen LogP contribution in [0.3, 0.4) is 0 Å². The fourth-order valence-corrected chi connectivity index (χ4v) is 2.25. The summed E-state index contributed by atoms with van der Waals surface area (Å²) in [6.07, 6.45) is 2.88. The summed E-state index contributed by atoms with van der Waals surface area (Å²) in [7, 11) is 0. The second-order valence-corrected chi connectivity index (χ2v) is 5.40. The Morgan fingerprint density at radius 1 is 1.08 bits per heavy atom. The summed E-state index contributed by atoms with van der Waals surface area (Å²) < 4.78 is 0. The predicted molar refractivity (Wildman–Crippen MR) is 95.6 cm³/mol. The lowest BCUT2D eigenvalue weighted by molar-refractivity contribution is 0.102. The molecule has 0 atom stereocenters. The first-order valence-corrected chi connectivity index (χ1v) is 7.62. The fraction of sp³-hybridized carbons (Fsp3) is 0.0526. The Morgan fingerprint density at radius 2 is 1.84 bits per heavy atom. The van der Waals surface area contributed by atoms with Crippen LogP contribution in [-0.4, -0.2) is 15.9 Å². The minimum absolute atomic E-state index is 0.308. The Kier molecular flexibility index (Phi) is 4.67. The molecular formula is C19H15N5O. The Bertz CT molecular complexity index is 945. The average molecular weight is 329 g/mol. The van der Waals surface area contributed by atoms with Gasteiger partial charge >= 0.3 is 0 Å². The molecule has 0 bridgehead atoms. The third kappa shape index (κ3) is 3.98. The number of anilines is 3. The van der Waals surface area contributed by atoms with Crippen LogP contribution in [0.15, 0.2) is 60.9 Å². The lowest BCUT2D eigenvalue weighted by Crippen LogP contribution is -2.14. The Hall–Kier alpha value is -3.72. The van der Waals surface area contributed by atoms with Gasteiger partial charge in [-0.05, 0) is 36.8 Å². The van der Waals surface area contributed by atoms with E-state index in [4.69, 9.17) is 5.26 Å². The van der Waals surface area contributed by atoms with Crippen molar-refractivity contribution in [3.63, 3.8) is 0 Å². The van der Waals surface area contributed by atoms with Gasteiger partial charge in [0.25, 0.3) is 5.91 Å². The van der Waals surface area contributed by atoms with Crippen molar-refractivity contribution < 1.29 is 4.79 Å². The molecule has 0 aliphatic carbocycles. The number of aromatic nitrogens is 2. The fourth-order valence-electron chi connectivity index (χ4n) is 2.25. The number of hydrogen-bond acceptors (Lipinski definition) is 5. The maximum atomic E-state index is 12.3. The van der Waals surface area contributed by atoms with Crippen molar-refractivity contribution in [1.82, 2.24) is 9.97 Å². The number of rotatable bonds is 4. The second-order valence-electron chi connectivity index (χ2n) is 5.40. The Labute approximate surface area is 145 Å². The number of amides is 1. The third-order valence-corrected chi connectivity index (χ3v) is 3.48. The lowest BCUT2D eigenvalue weighted by Gasteiger charge is -2.08. The summed E-state index contributed by atoms with van der Waals surface area (Å²) in [5.74, 6) is 0.0318. The quantitative estimate of drug-likeness (QED) is 0.762. The van der Waals surface area contributed by atoms with Gasteiger partial charge in [0, 0.05) is 18.1 Å². The molecule has 0 radical (unpaired) electrons. The van der Waals surface area contributed by atoms with Crippen LogP contribution in [0.2, 0.25) is 0 Å². The van der Waals surface area contributed by atoms with Gasteiger partial charge in [-0.15, -0.1) is 0 Å². The van der Waals surface area contributed by atoms with Crippen LogP contribution in [-0.2, 0) is 0 Å². The van der Waals surface area contributed by atoms with E-state index in [2.05, 4.69) is 20.6 Å². The first-order chi connectivity index (χ1) is 12.2. The predicted octanol–water partition coefficient (Wildman–Crippen LogP) is 3.65. The third-order valence-electron chi connectivity index (χ3n) is 3.48. The number of benzene rings is 2. The summed E-state index contributed by atoms with van der Waals surface area (Å²) in [5.41, 5.74) is 3.16. The molecule has 0 spiro atoms. The van der Waals surface area contributed by atoms with E-state index in [1.54, 1.807) is 24.3 Å². The van der Waals surface area contributed by atoms with E-state index in [1.807, 2.05) is 37.3 Å². The van der Waals surface area contributed by atoms with Crippen LogP contribution >= 0.6 is 0 Å². The van der Waals surface area contributed by atoms with Crippen molar-refractivity contribution in [3.8, 4) is 6.07 Å². The van der Waals surface area contributed by atoms with Crippen molar-refractivity contribution in [1.29, 1.82) is 5.26 Å². The van der Waals surface area contributed by atoms with Gasteiger partial charge in [0.1, 0.15) is 6.07 Å². The highest BCUT2D eigenvalue weighted by Crippen LogP contribution is 2.16. The zero-order valence-corrected chi connectivity index (χ0v) is 13.5. The molecule has 0 aliphatic rings. The SMILES string of the molecule is Cc1cccc(Nc2ncc(C(=O)Nc3ccccc3C#N)cn2)c1. The number of carbonyl (C=O) groups excluding carboxylic acids is 1. The zero-order chi connectivity index (χ0) is 17.6. The van der Waals surface area contributed by atoms with Gasteiger partial charge in [0.05, 0.1) is 16.8 Å². The van der Waals surface area contributed by atoms with Crippen molar-refractivity contribution in [2.24, 2.45) is 0 Å². The van der Waals surface area contributed by atoms with Crippen LogP contribution in [0, 0.1) is 18.3 Å². The van der Waals surface area contributed by atoms with Gasteiger partial charge in [-0.25, -0.2) is 9.97 Å². The highest BCUT2D eigenvalue weighted by Gasteiger charge is 2.10. The molecule has 3 aromatic rings.